The summed E-state index contributed by atoms with van der Waals surface area (Å²) in [6.07, 6.45) is -0.0655. The molecular weight excluding hydrogens is 371 g/mol. The van der Waals surface area contributed by atoms with Gasteiger partial charge in [0.25, 0.3) is 5.91 Å². The van der Waals surface area contributed by atoms with Crippen LogP contribution in [0.2, 0.25) is 0 Å². The number of amides is 1. The number of carbonyl (C=O) groups excluding carboxylic acids is 1. The molecule has 3 rings (SSSR count). The number of piperidine rings is 1. The van der Waals surface area contributed by atoms with Crippen LogP contribution in [0.5, 0.6) is 0 Å². The van der Waals surface area contributed by atoms with Crippen LogP contribution in [-0.2, 0) is 6.18 Å². The Morgan fingerprint density at radius 3 is 2.71 bits per heavy atom. The first-order chi connectivity index (χ1) is 13.3. The molecule has 2 aromatic heterocycles. The molecule has 0 spiro atoms. The van der Waals surface area contributed by atoms with E-state index in [2.05, 4.69) is 20.7 Å². The third-order valence-electron chi connectivity index (χ3n) is 4.84. The van der Waals surface area contributed by atoms with Crippen molar-refractivity contribution in [1.82, 2.24) is 25.4 Å². The highest BCUT2D eigenvalue weighted by molar-refractivity contribution is 5.95. The first-order valence-corrected chi connectivity index (χ1v) is 9.38. The molecule has 0 radical (unpaired) electrons. The molecule has 9 heteroatoms. The van der Waals surface area contributed by atoms with Crippen molar-refractivity contribution in [3.8, 4) is 5.82 Å². The van der Waals surface area contributed by atoms with Crippen LogP contribution in [-0.4, -0.2) is 40.3 Å². The van der Waals surface area contributed by atoms with E-state index in [9.17, 15) is 18.0 Å². The molecule has 1 amide bonds. The molecule has 1 saturated heterocycles. The standard InChI is InChI=1S/C19H24F3N5O/c1-12(2)17-15(18(28)25-9-13-4-3-7-23-8-13)11-26-27(17)16-6-5-14(10-24-16)19(20,21)22/h5-6,10-13,23H,3-4,7-9H2,1-2H3,(H,25,28). The van der Waals surface area contributed by atoms with Crippen molar-refractivity contribution >= 4 is 5.91 Å². The number of hydrogen-bond donors (Lipinski definition) is 2. The summed E-state index contributed by atoms with van der Waals surface area (Å²) in [5, 5.41) is 10.5. The van der Waals surface area contributed by atoms with Crippen molar-refractivity contribution in [3.05, 3.63) is 41.3 Å². The summed E-state index contributed by atoms with van der Waals surface area (Å²) < 4.78 is 39.7. The first kappa shape index (κ1) is 20.3. The van der Waals surface area contributed by atoms with Crippen molar-refractivity contribution in [3.63, 3.8) is 0 Å². The van der Waals surface area contributed by atoms with Crippen LogP contribution >= 0.6 is 0 Å². The topological polar surface area (TPSA) is 71.8 Å². The third kappa shape index (κ3) is 4.52. The highest BCUT2D eigenvalue weighted by Gasteiger charge is 2.31. The van der Waals surface area contributed by atoms with E-state index in [1.807, 2.05) is 13.8 Å². The van der Waals surface area contributed by atoms with Gasteiger partial charge in [-0.3, -0.25) is 4.79 Å². The van der Waals surface area contributed by atoms with Crippen LogP contribution in [0.25, 0.3) is 5.82 Å². The van der Waals surface area contributed by atoms with Gasteiger partial charge in [0.05, 0.1) is 23.0 Å². The minimum Gasteiger partial charge on any atom is -0.352 e. The normalized spacial score (nSPS) is 17.7. The summed E-state index contributed by atoms with van der Waals surface area (Å²) in [6, 6.07) is 2.22. The average molecular weight is 395 g/mol. The van der Waals surface area contributed by atoms with E-state index in [1.165, 1.54) is 16.9 Å². The molecule has 0 aromatic carbocycles. The maximum absolute atomic E-state index is 12.8. The molecule has 6 nitrogen and oxygen atoms in total. The van der Waals surface area contributed by atoms with Gasteiger partial charge in [-0.1, -0.05) is 13.8 Å². The molecule has 0 aliphatic carbocycles. The predicted molar refractivity (Wildman–Crippen MR) is 98.4 cm³/mol. The molecule has 1 fully saturated rings. The van der Waals surface area contributed by atoms with Crippen LogP contribution in [0.4, 0.5) is 13.2 Å². The molecule has 2 aromatic rings. The number of nitrogens with zero attached hydrogens (tertiary/aromatic N) is 3. The van der Waals surface area contributed by atoms with Crippen LogP contribution in [0.15, 0.2) is 24.5 Å². The zero-order valence-electron chi connectivity index (χ0n) is 15.9. The fourth-order valence-electron chi connectivity index (χ4n) is 3.38. The summed E-state index contributed by atoms with van der Waals surface area (Å²) in [4.78, 5) is 16.6. The fourth-order valence-corrected chi connectivity index (χ4v) is 3.38. The smallest absolute Gasteiger partial charge is 0.352 e. The van der Waals surface area contributed by atoms with E-state index in [0.717, 1.165) is 38.2 Å². The molecule has 0 saturated carbocycles. The van der Waals surface area contributed by atoms with E-state index in [0.29, 0.717) is 23.7 Å². The van der Waals surface area contributed by atoms with Gasteiger partial charge in [0.2, 0.25) is 0 Å². The van der Waals surface area contributed by atoms with E-state index in [1.54, 1.807) is 0 Å². The maximum atomic E-state index is 12.8. The fraction of sp³-hybridized carbons (Fsp3) is 0.526. The van der Waals surface area contributed by atoms with Crippen LogP contribution in [0, 0.1) is 5.92 Å². The number of aromatic nitrogens is 3. The largest absolute Gasteiger partial charge is 0.417 e. The molecular formula is C19H24F3N5O. The third-order valence-corrected chi connectivity index (χ3v) is 4.84. The zero-order chi connectivity index (χ0) is 20.3. The van der Waals surface area contributed by atoms with Gasteiger partial charge in [-0.15, -0.1) is 0 Å². The van der Waals surface area contributed by atoms with Gasteiger partial charge in [0.1, 0.15) is 0 Å². The average Bonchev–Trinajstić information content (AvgIpc) is 3.12. The number of rotatable bonds is 5. The van der Waals surface area contributed by atoms with Gasteiger partial charge in [-0.05, 0) is 49.9 Å². The lowest BCUT2D eigenvalue weighted by Gasteiger charge is -2.23. The van der Waals surface area contributed by atoms with E-state index in [4.69, 9.17) is 0 Å². The molecule has 2 N–H and O–H groups in total. The number of alkyl halides is 3. The van der Waals surface area contributed by atoms with E-state index < -0.39 is 11.7 Å². The first-order valence-electron chi connectivity index (χ1n) is 9.38. The molecule has 1 atom stereocenters. The Balaban J connectivity index is 1.80. The second kappa shape index (κ2) is 8.30. The molecule has 1 unspecified atom stereocenters. The zero-order valence-corrected chi connectivity index (χ0v) is 15.9. The number of carbonyl (C=O) groups is 1. The molecule has 1 aliphatic rings. The highest BCUT2D eigenvalue weighted by Crippen LogP contribution is 2.29. The van der Waals surface area contributed by atoms with Crippen LogP contribution in [0.3, 0.4) is 0 Å². The number of hydrogen-bond acceptors (Lipinski definition) is 4. The van der Waals surface area contributed by atoms with Gasteiger partial charge in [0, 0.05) is 12.7 Å². The summed E-state index contributed by atoms with van der Waals surface area (Å²) in [5.41, 5.74) is 0.209. The van der Waals surface area contributed by atoms with Crippen LogP contribution in [0.1, 0.15) is 54.2 Å². The summed E-state index contributed by atoms with van der Waals surface area (Å²) in [6.45, 7) is 6.27. The molecule has 1 aliphatic heterocycles. The number of nitrogens with one attached hydrogen (secondary N) is 2. The SMILES string of the molecule is CC(C)c1c(C(=O)NCC2CCCNC2)cnn1-c1ccc(C(F)(F)F)cn1. The van der Waals surface area contributed by atoms with Crippen molar-refractivity contribution in [2.75, 3.05) is 19.6 Å². The van der Waals surface area contributed by atoms with E-state index in [-0.39, 0.29) is 17.6 Å². The Morgan fingerprint density at radius 2 is 2.14 bits per heavy atom. The van der Waals surface area contributed by atoms with Crippen molar-refractivity contribution in [2.24, 2.45) is 5.92 Å². The Morgan fingerprint density at radius 1 is 1.36 bits per heavy atom. The summed E-state index contributed by atoms with van der Waals surface area (Å²) in [7, 11) is 0. The molecule has 152 valence electrons. The minimum absolute atomic E-state index is 0.0660. The quantitative estimate of drug-likeness (QED) is 0.816. The highest BCUT2D eigenvalue weighted by atomic mass is 19.4. The van der Waals surface area contributed by atoms with Crippen molar-refractivity contribution in [1.29, 1.82) is 0 Å². The minimum atomic E-state index is -4.45. The summed E-state index contributed by atoms with van der Waals surface area (Å²) >= 11 is 0. The second-order valence-electron chi connectivity index (χ2n) is 7.34. The van der Waals surface area contributed by atoms with Gasteiger partial charge in [0.15, 0.2) is 5.82 Å². The lowest BCUT2D eigenvalue weighted by molar-refractivity contribution is -0.137. The van der Waals surface area contributed by atoms with Crippen LogP contribution < -0.4 is 10.6 Å². The van der Waals surface area contributed by atoms with Gasteiger partial charge >= 0.3 is 6.18 Å². The molecule has 0 bridgehead atoms. The lowest BCUT2D eigenvalue weighted by atomic mass is 9.99. The predicted octanol–water partition coefficient (Wildman–Crippen LogP) is 3.14. The Labute approximate surface area is 161 Å². The summed E-state index contributed by atoms with van der Waals surface area (Å²) in [5.74, 6) is 0.343. The molecule has 28 heavy (non-hydrogen) atoms. The Kier molecular flexibility index (Phi) is 6.02. The molecule has 3 heterocycles. The second-order valence-corrected chi connectivity index (χ2v) is 7.34. The van der Waals surface area contributed by atoms with Gasteiger partial charge in [-0.2, -0.15) is 18.3 Å². The Hall–Kier alpha value is -2.42. The lowest BCUT2D eigenvalue weighted by Crippen LogP contribution is -2.38. The van der Waals surface area contributed by atoms with Gasteiger partial charge < -0.3 is 10.6 Å². The number of halogens is 3. The van der Waals surface area contributed by atoms with Gasteiger partial charge in [-0.25, -0.2) is 9.67 Å². The monoisotopic (exact) mass is 395 g/mol. The maximum Gasteiger partial charge on any atom is 0.417 e. The number of pyridine rings is 1. The Bertz CT molecular complexity index is 808. The van der Waals surface area contributed by atoms with E-state index >= 15 is 0 Å². The van der Waals surface area contributed by atoms with Crippen molar-refractivity contribution in [2.45, 2.75) is 38.8 Å². The van der Waals surface area contributed by atoms with Crippen molar-refractivity contribution < 1.29 is 18.0 Å².